The Morgan fingerprint density at radius 2 is 1.94 bits per heavy atom. The van der Waals surface area contributed by atoms with Gasteiger partial charge >= 0.3 is 0 Å². The minimum absolute atomic E-state index is 0.0794. The molecule has 0 amide bonds. The summed E-state index contributed by atoms with van der Waals surface area (Å²) in [5.41, 5.74) is 1.13. The molecule has 0 saturated heterocycles. The van der Waals surface area contributed by atoms with Crippen LogP contribution in [0.3, 0.4) is 0 Å². The van der Waals surface area contributed by atoms with Crippen LogP contribution in [0.1, 0.15) is 18.4 Å². The number of hydrogen-bond acceptors (Lipinski definition) is 2. The van der Waals surface area contributed by atoms with Crippen LogP contribution in [0.4, 0.5) is 4.39 Å². The van der Waals surface area contributed by atoms with Crippen molar-refractivity contribution < 1.29 is 9.50 Å². The fourth-order valence-electron chi connectivity index (χ4n) is 2.26. The Hall–Kier alpha value is -0.930. The first kappa shape index (κ1) is 11.6. The van der Waals surface area contributed by atoms with E-state index in [4.69, 9.17) is 0 Å². The predicted octanol–water partition coefficient (Wildman–Crippen LogP) is 2.03. The number of halogens is 1. The maximum Gasteiger partial charge on any atom is 0.123 e. The lowest BCUT2D eigenvalue weighted by Gasteiger charge is -2.34. The average Bonchev–Trinajstić information content (AvgIpc) is 2.19. The molecule has 3 heteroatoms. The molecule has 1 saturated carbocycles. The van der Waals surface area contributed by atoms with Gasteiger partial charge in [0.05, 0.1) is 6.10 Å². The second-order valence-corrected chi connectivity index (χ2v) is 4.81. The summed E-state index contributed by atoms with van der Waals surface area (Å²) in [4.78, 5) is 2.23. The van der Waals surface area contributed by atoms with E-state index in [1.165, 1.54) is 12.1 Å². The molecule has 0 radical (unpaired) electrons. The molecule has 0 bridgehead atoms. The average molecular weight is 223 g/mol. The monoisotopic (exact) mass is 223 g/mol. The Morgan fingerprint density at radius 3 is 2.50 bits per heavy atom. The second-order valence-electron chi connectivity index (χ2n) is 4.81. The van der Waals surface area contributed by atoms with Gasteiger partial charge in [0.1, 0.15) is 5.82 Å². The molecule has 1 aromatic carbocycles. The summed E-state index contributed by atoms with van der Waals surface area (Å²) in [6.45, 7) is 1.85. The summed E-state index contributed by atoms with van der Waals surface area (Å²) in [5.74, 6) is 0.439. The molecular formula is C13H18FNO. The van der Waals surface area contributed by atoms with Gasteiger partial charge < -0.3 is 10.0 Å². The summed E-state index contributed by atoms with van der Waals surface area (Å²) in [7, 11) is 2.06. The fourth-order valence-corrected chi connectivity index (χ4v) is 2.26. The predicted molar refractivity (Wildman–Crippen MR) is 61.5 cm³/mol. The van der Waals surface area contributed by atoms with E-state index in [1.54, 1.807) is 0 Å². The van der Waals surface area contributed by atoms with E-state index in [0.29, 0.717) is 5.92 Å². The third-order valence-electron chi connectivity index (χ3n) is 3.15. The van der Waals surface area contributed by atoms with E-state index < -0.39 is 0 Å². The van der Waals surface area contributed by atoms with Crippen LogP contribution in [0.25, 0.3) is 0 Å². The van der Waals surface area contributed by atoms with Crippen molar-refractivity contribution in [2.75, 3.05) is 13.6 Å². The highest BCUT2D eigenvalue weighted by atomic mass is 19.1. The van der Waals surface area contributed by atoms with Gasteiger partial charge in [-0.25, -0.2) is 4.39 Å². The van der Waals surface area contributed by atoms with Crippen LogP contribution in [-0.4, -0.2) is 29.7 Å². The van der Waals surface area contributed by atoms with E-state index >= 15 is 0 Å². The van der Waals surface area contributed by atoms with Gasteiger partial charge in [-0.15, -0.1) is 0 Å². The standard InChI is InChI=1S/C13H18FNO/c1-15(9-11-6-13(16)7-11)8-10-2-4-12(14)5-3-10/h2-5,11,13,16H,6-9H2,1H3. The van der Waals surface area contributed by atoms with Crippen molar-refractivity contribution in [2.45, 2.75) is 25.5 Å². The van der Waals surface area contributed by atoms with Crippen LogP contribution in [0.2, 0.25) is 0 Å². The minimum atomic E-state index is -0.187. The zero-order chi connectivity index (χ0) is 11.5. The van der Waals surface area contributed by atoms with E-state index in [2.05, 4.69) is 11.9 Å². The first-order valence-corrected chi connectivity index (χ1v) is 5.74. The summed E-state index contributed by atoms with van der Waals surface area (Å²) in [6.07, 6.45) is 1.77. The van der Waals surface area contributed by atoms with Gasteiger partial charge in [-0.1, -0.05) is 12.1 Å². The van der Waals surface area contributed by atoms with Gasteiger partial charge in [0.15, 0.2) is 0 Å². The topological polar surface area (TPSA) is 23.5 Å². The summed E-state index contributed by atoms with van der Waals surface area (Å²) in [6, 6.07) is 6.63. The first-order valence-electron chi connectivity index (χ1n) is 5.74. The minimum Gasteiger partial charge on any atom is -0.393 e. The SMILES string of the molecule is CN(Cc1ccc(F)cc1)CC1CC(O)C1. The van der Waals surface area contributed by atoms with Gasteiger partial charge in [0.25, 0.3) is 0 Å². The summed E-state index contributed by atoms with van der Waals surface area (Å²) >= 11 is 0. The van der Waals surface area contributed by atoms with Crippen molar-refractivity contribution in [3.05, 3.63) is 35.6 Å². The molecule has 2 rings (SSSR count). The Bertz CT molecular complexity index is 332. The molecule has 1 aromatic rings. The molecule has 0 atom stereocenters. The molecule has 0 unspecified atom stereocenters. The maximum atomic E-state index is 12.7. The molecular weight excluding hydrogens is 205 g/mol. The third-order valence-corrected chi connectivity index (χ3v) is 3.15. The number of nitrogens with zero attached hydrogens (tertiary/aromatic N) is 1. The second kappa shape index (κ2) is 4.93. The zero-order valence-electron chi connectivity index (χ0n) is 9.56. The van der Waals surface area contributed by atoms with Crippen LogP contribution >= 0.6 is 0 Å². The van der Waals surface area contributed by atoms with Crippen molar-refractivity contribution in [2.24, 2.45) is 5.92 Å². The van der Waals surface area contributed by atoms with E-state index in [1.807, 2.05) is 12.1 Å². The van der Waals surface area contributed by atoms with Gasteiger partial charge in [0.2, 0.25) is 0 Å². The van der Waals surface area contributed by atoms with E-state index in [-0.39, 0.29) is 11.9 Å². The highest BCUT2D eigenvalue weighted by Crippen LogP contribution is 2.27. The number of aliphatic hydroxyl groups excluding tert-OH is 1. The summed E-state index contributed by atoms with van der Waals surface area (Å²) < 4.78 is 12.7. The van der Waals surface area contributed by atoms with Crippen LogP contribution in [-0.2, 0) is 6.54 Å². The van der Waals surface area contributed by atoms with E-state index in [9.17, 15) is 9.50 Å². The lowest BCUT2D eigenvalue weighted by atomic mass is 9.82. The largest absolute Gasteiger partial charge is 0.393 e. The van der Waals surface area contributed by atoms with Crippen LogP contribution in [0.15, 0.2) is 24.3 Å². The van der Waals surface area contributed by atoms with Crippen molar-refractivity contribution in [1.29, 1.82) is 0 Å². The highest BCUT2D eigenvalue weighted by Gasteiger charge is 2.27. The van der Waals surface area contributed by atoms with Crippen molar-refractivity contribution in [1.82, 2.24) is 4.90 Å². The molecule has 0 aromatic heterocycles. The maximum absolute atomic E-state index is 12.7. The Kier molecular flexibility index (Phi) is 3.56. The van der Waals surface area contributed by atoms with Crippen LogP contribution in [0, 0.1) is 11.7 Å². The number of rotatable bonds is 4. The molecule has 1 aliphatic rings. The van der Waals surface area contributed by atoms with Gasteiger partial charge in [-0.3, -0.25) is 0 Å². The normalized spacial score (nSPS) is 24.5. The van der Waals surface area contributed by atoms with Crippen LogP contribution < -0.4 is 0 Å². The van der Waals surface area contributed by atoms with Gasteiger partial charge in [0, 0.05) is 13.1 Å². The van der Waals surface area contributed by atoms with Gasteiger partial charge in [-0.2, -0.15) is 0 Å². The lowest BCUT2D eigenvalue weighted by molar-refractivity contribution is 0.0274. The number of benzene rings is 1. The highest BCUT2D eigenvalue weighted by molar-refractivity contribution is 5.15. The fraction of sp³-hybridized carbons (Fsp3) is 0.538. The molecule has 0 heterocycles. The zero-order valence-corrected chi connectivity index (χ0v) is 9.56. The molecule has 16 heavy (non-hydrogen) atoms. The smallest absolute Gasteiger partial charge is 0.123 e. The van der Waals surface area contributed by atoms with Crippen molar-refractivity contribution >= 4 is 0 Å². The third kappa shape index (κ3) is 3.03. The number of hydrogen-bond donors (Lipinski definition) is 1. The van der Waals surface area contributed by atoms with Crippen LogP contribution in [0.5, 0.6) is 0 Å². The van der Waals surface area contributed by atoms with E-state index in [0.717, 1.165) is 31.5 Å². The Labute approximate surface area is 95.7 Å². The van der Waals surface area contributed by atoms with Crippen molar-refractivity contribution in [3.8, 4) is 0 Å². The molecule has 1 N–H and O–H groups in total. The summed E-state index contributed by atoms with van der Waals surface area (Å²) in [5, 5.41) is 9.19. The Morgan fingerprint density at radius 1 is 1.31 bits per heavy atom. The molecule has 0 spiro atoms. The molecule has 1 fully saturated rings. The molecule has 1 aliphatic carbocycles. The quantitative estimate of drug-likeness (QED) is 0.844. The van der Waals surface area contributed by atoms with Gasteiger partial charge in [-0.05, 0) is 43.5 Å². The Balaban J connectivity index is 1.78. The number of aliphatic hydroxyl groups is 1. The van der Waals surface area contributed by atoms with Crippen molar-refractivity contribution in [3.63, 3.8) is 0 Å². The lowest BCUT2D eigenvalue weighted by Crippen LogP contribution is -2.36. The first-order chi connectivity index (χ1) is 7.63. The molecule has 2 nitrogen and oxygen atoms in total. The molecule has 0 aliphatic heterocycles. The molecule has 88 valence electrons.